The van der Waals surface area contributed by atoms with Crippen molar-refractivity contribution in [2.45, 2.75) is 6.30 Å². The molecular formula is C6H6FNO. The van der Waals surface area contributed by atoms with Crippen molar-refractivity contribution in [1.82, 2.24) is 5.32 Å². The molecule has 0 spiro atoms. The molecule has 1 atom stereocenters. The fraction of sp³-hybridized carbons (Fsp3) is 0.167. The molecule has 0 bridgehead atoms. The van der Waals surface area contributed by atoms with Crippen LogP contribution in [-0.2, 0) is 4.79 Å². The summed E-state index contributed by atoms with van der Waals surface area (Å²) in [6.45, 7) is 0. The molecule has 0 aromatic rings. The third-order valence-corrected chi connectivity index (χ3v) is 1.01. The van der Waals surface area contributed by atoms with Crippen LogP contribution in [0, 0.1) is 0 Å². The summed E-state index contributed by atoms with van der Waals surface area (Å²) >= 11 is 0. The number of rotatable bonds is 1. The van der Waals surface area contributed by atoms with Gasteiger partial charge in [-0.15, -0.1) is 0 Å². The van der Waals surface area contributed by atoms with Crippen molar-refractivity contribution in [1.29, 1.82) is 0 Å². The maximum atomic E-state index is 12.2. The largest absolute Gasteiger partial charge is 0.359 e. The van der Waals surface area contributed by atoms with Crippen LogP contribution < -0.4 is 5.32 Å². The van der Waals surface area contributed by atoms with E-state index in [9.17, 15) is 9.18 Å². The van der Waals surface area contributed by atoms with Crippen LogP contribution in [0.15, 0.2) is 23.9 Å². The molecule has 1 unspecified atom stereocenters. The van der Waals surface area contributed by atoms with E-state index < -0.39 is 6.30 Å². The summed E-state index contributed by atoms with van der Waals surface area (Å²) < 4.78 is 12.2. The van der Waals surface area contributed by atoms with E-state index in [1.54, 1.807) is 0 Å². The first kappa shape index (κ1) is 6.01. The molecule has 1 N–H and O–H groups in total. The Morgan fingerprint density at radius 3 is 3.00 bits per heavy atom. The van der Waals surface area contributed by atoms with E-state index in [0.29, 0.717) is 11.9 Å². The van der Waals surface area contributed by atoms with E-state index >= 15 is 0 Å². The molecule has 1 rings (SSSR count). The third kappa shape index (κ3) is 1.38. The molecule has 1 aliphatic rings. The lowest BCUT2D eigenvalue weighted by Crippen LogP contribution is -2.19. The van der Waals surface area contributed by atoms with Crippen LogP contribution in [0.5, 0.6) is 0 Å². The van der Waals surface area contributed by atoms with Gasteiger partial charge in [-0.3, -0.25) is 4.79 Å². The summed E-state index contributed by atoms with van der Waals surface area (Å²) in [5, 5.41) is 2.36. The highest BCUT2D eigenvalue weighted by Gasteiger charge is 2.03. The Labute approximate surface area is 52.1 Å². The number of hydrogen-bond acceptors (Lipinski definition) is 2. The maximum Gasteiger partial charge on any atom is 0.189 e. The van der Waals surface area contributed by atoms with Crippen LogP contribution in [0.25, 0.3) is 0 Å². The minimum Gasteiger partial charge on any atom is -0.359 e. The first-order chi connectivity index (χ1) is 4.33. The van der Waals surface area contributed by atoms with Crippen LogP contribution in [-0.4, -0.2) is 12.6 Å². The molecule has 9 heavy (non-hydrogen) atoms. The van der Waals surface area contributed by atoms with Gasteiger partial charge in [-0.25, -0.2) is 4.39 Å². The molecule has 0 aromatic carbocycles. The molecule has 0 fully saturated rings. The van der Waals surface area contributed by atoms with Gasteiger partial charge in [-0.2, -0.15) is 0 Å². The second-order valence-electron chi connectivity index (χ2n) is 1.69. The molecule has 2 nitrogen and oxygen atoms in total. The Kier molecular flexibility index (Phi) is 1.63. The van der Waals surface area contributed by atoms with E-state index in [-0.39, 0.29) is 0 Å². The summed E-state index contributed by atoms with van der Waals surface area (Å²) in [5.41, 5.74) is 0.376. The minimum atomic E-state index is -1.21. The third-order valence-electron chi connectivity index (χ3n) is 1.01. The van der Waals surface area contributed by atoms with E-state index in [0.717, 1.165) is 0 Å². The predicted octanol–water partition coefficient (Wildman–Crippen LogP) is 0.524. The van der Waals surface area contributed by atoms with Crippen LogP contribution in [0.3, 0.4) is 0 Å². The lowest BCUT2D eigenvalue weighted by atomic mass is 10.2. The average molecular weight is 127 g/mol. The highest BCUT2D eigenvalue weighted by molar-refractivity contribution is 5.77. The van der Waals surface area contributed by atoms with Crippen molar-refractivity contribution in [3.05, 3.63) is 23.9 Å². The monoisotopic (exact) mass is 127 g/mol. The fourth-order valence-corrected chi connectivity index (χ4v) is 0.587. The zero-order valence-corrected chi connectivity index (χ0v) is 4.67. The molecule has 1 heterocycles. The van der Waals surface area contributed by atoms with Crippen molar-refractivity contribution in [2.24, 2.45) is 0 Å². The fourth-order valence-electron chi connectivity index (χ4n) is 0.587. The standard InChI is InChI=1S/C6H6FNO/c7-6-3-5(4-9)1-2-8-6/h1-4,6,8H. The first-order valence-corrected chi connectivity index (χ1v) is 2.56. The first-order valence-electron chi connectivity index (χ1n) is 2.56. The van der Waals surface area contributed by atoms with E-state index in [1.807, 2.05) is 0 Å². The number of hydrogen-bond donors (Lipinski definition) is 1. The SMILES string of the molecule is O=CC1=CC(F)NC=C1. The van der Waals surface area contributed by atoms with Gasteiger partial charge < -0.3 is 5.32 Å². The van der Waals surface area contributed by atoms with Gasteiger partial charge in [0.25, 0.3) is 0 Å². The average Bonchev–Trinajstić information content (AvgIpc) is 1.88. The lowest BCUT2D eigenvalue weighted by Gasteiger charge is -2.06. The number of dihydropyridines is 1. The second-order valence-corrected chi connectivity index (χ2v) is 1.69. The van der Waals surface area contributed by atoms with Crippen molar-refractivity contribution in [3.8, 4) is 0 Å². The van der Waals surface area contributed by atoms with Gasteiger partial charge in [-0.1, -0.05) is 0 Å². The van der Waals surface area contributed by atoms with Crippen LogP contribution in [0.2, 0.25) is 0 Å². The molecule has 0 amide bonds. The highest BCUT2D eigenvalue weighted by Crippen LogP contribution is 2.01. The summed E-state index contributed by atoms with van der Waals surface area (Å²) in [4.78, 5) is 9.99. The summed E-state index contributed by atoms with van der Waals surface area (Å²) in [6, 6.07) is 0. The Morgan fingerprint density at radius 2 is 2.56 bits per heavy atom. The van der Waals surface area contributed by atoms with Crippen molar-refractivity contribution < 1.29 is 9.18 Å². The molecule has 0 aromatic heterocycles. The zero-order chi connectivity index (χ0) is 6.69. The number of carbonyl (C=O) groups is 1. The highest BCUT2D eigenvalue weighted by atomic mass is 19.1. The number of carbonyl (C=O) groups excluding carboxylic acids is 1. The topological polar surface area (TPSA) is 29.1 Å². The Morgan fingerprint density at radius 1 is 1.78 bits per heavy atom. The molecule has 48 valence electrons. The Bertz CT molecular complexity index is 174. The molecule has 0 saturated carbocycles. The molecule has 0 radical (unpaired) electrons. The van der Waals surface area contributed by atoms with Gasteiger partial charge in [0.05, 0.1) is 0 Å². The zero-order valence-electron chi connectivity index (χ0n) is 4.67. The van der Waals surface area contributed by atoms with Gasteiger partial charge in [0, 0.05) is 5.57 Å². The van der Waals surface area contributed by atoms with Gasteiger partial charge in [0.2, 0.25) is 0 Å². The van der Waals surface area contributed by atoms with Gasteiger partial charge >= 0.3 is 0 Å². The Balaban J connectivity index is 2.70. The minimum absolute atomic E-state index is 0.376. The number of aldehydes is 1. The molecule has 0 saturated heterocycles. The van der Waals surface area contributed by atoms with Crippen molar-refractivity contribution >= 4 is 6.29 Å². The van der Waals surface area contributed by atoms with Gasteiger partial charge in [0.1, 0.15) is 6.29 Å². The molecule has 0 aliphatic carbocycles. The van der Waals surface area contributed by atoms with Crippen LogP contribution >= 0.6 is 0 Å². The predicted molar refractivity (Wildman–Crippen MR) is 31.3 cm³/mol. The van der Waals surface area contributed by atoms with Crippen molar-refractivity contribution in [3.63, 3.8) is 0 Å². The van der Waals surface area contributed by atoms with Crippen LogP contribution in [0.1, 0.15) is 0 Å². The maximum absolute atomic E-state index is 12.2. The number of halogens is 1. The number of alkyl halides is 1. The lowest BCUT2D eigenvalue weighted by molar-refractivity contribution is -0.104. The molecular weight excluding hydrogens is 121 g/mol. The van der Waals surface area contributed by atoms with Gasteiger partial charge in [0.15, 0.2) is 6.30 Å². The van der Waals surface area contributed by atoms with E-state index in [2.05, 4.69) is 5.32 Å². The van der Waals surface area contributed by atoms with Gasteiger partial charge in [-0.05, 0) is 18.4 Å². The summed E-state index contributed by atoms with van der Waals surface area (Å²) in [6.07, 6.45) is 3.55. The normalized spacial score (nSPS) is 24.6. The smallest absolute Gasteiger partial charge is 0.189 e. The number of allylic oxidation sites excluding steroid dienone is 2. The van der Waals surface area contributed by atoms with Crippen molar-refractivity contribution in [2.75, 3.05) is 0 Å². The van der Waals surface area contributed by atoms with E-state index in [4.69, 9.17) is 0 Å². The summed E-state index contributed by atoms with van der Waals surface area (Å²) in [5.74, 6) is 0. The summed E-state index contributed by atoms with van der Waals surface area (Å²) in [7, 11) is 0. The molecule has 1 aliphatic heterocycles. The molecule has 3 heteroatoms. The van der Waals surface area contributed by atoms with Crippen LogP contribution in [0.4, 0.5) is 4.39 Å². The Hall–Kier alpha value is -1.12. The quantitative estimate of drug-likeness (QED) is 0.411. The van der Waals surface area contributed by atoms with E-state index in [1.165, 1.54) is 18.4 Å². The second kappa shape index (κ2) is 2.44. The number of nitrogens with one attached hydrogen (secondary N) is 1.